The molecule has 0 atom stereocenters. The van der Waals surface area contributed by atoms with Crippen molar-refractivity contribution < 1.29 is 22.0 Å². The van der Waals surface area contributed by atoms with E-state index in [-0.39, 0.29) is 29.6 Å². The summed E-state index contributed by atoms with van der Waals surface area (Å²) in [5.41, 5.74) is 0. The molecule has 1 saturated heterocycles. The number of piperazine rings is 1. The molecule has 3 rings (SSSR count). The summed E-state index contributed by atoms with van der Waals surface area (Å²) in [7, 11) is -3.56. The lowest BCUT2D eigenvalue weighted by Gasteiger charge is -2.34. The summed E-state index contributed by atoms with van der Waals surface area (Å²) < 4.78 is 52.7. The number of hydrogen-bond donors (Lipinski definition) is 0. The molecular formula is C18H18F2N2O3S2. The third-order valence-electron chi connectivity index (χ3n) is 4.23. The van der Waals surface area contributed by atoms with Gasteiger partial charge in [-0.05, 0) is 30.3 Å². The molecule has 0 bridgehead atoms. The van der Waals surface area contributed by atoms with Gasteiger partial charge in [0.1, 0.15) is 0 Å². The Bertz CT molecular complexity index is 915. The van der Waals surface area contributed by atoms with E-state index in [1.54, 1.807) is 35.2 Å². The quantitative estimate of drug-likeness (QED) is 0.709. The number of halogens is 2. The van der Waals surface area contributed by atoms with Gasteiger partial charge in [0.15, 0.2) is 11.6 Å². The maximum absolute atomic E-state index is 13.2. The second-order valence-corrected chi connectivity index (χ2v) is 8.95. The summed E-state index contributed by atoms with van der Waals surface area (Å²) >= 11 is 1.12. The van der Waals surface area contributed by atoms with E-state index in [0.29, 0.717) is 18.0 Å². The number of amides is 1. The van der Waals surface area contributed by atoms with Crippen molar-refractivity contribution in [1.29, 1.82) is 0 Å². The summed E-state index contributed by atoms with van der Waals surface area (Å²) in [6.07, 6.45) is 0. The van der Waals surface area contributed by atoms with Crippen molar-refractivity contribution in [3.63, 3.8) is 0 Å². The summed E-state index contributed by atoms with van der Waals surface area (Å²) in [5.74, 6) is -1.97. The summed E-state index contributed by atoms with van der Waals surface area (Å²) in [5, 5.41) is 0. The van der Waals surface area contributed by atoms with E-state index in [4.69, 9.17) is 0 Å². The van der Waals surface area contributed by atoms with Crippen LogP contribution in [0.2, 0.25) is 0 Å². The van der Waals surface area contributed by atoms with E-state index in [1.807, 2.05) is 0 Å². The van der Waals surface area contributed by atoms with Crippen LogP contribution in [0.1, 0.15) is 0 Å². The van der Waals surface area contributed by atoms with Gasteiger partial charge in [0.25, 0.3) is 0 Å². The predicted molar refractivity (Wildman–Crippen MR) is 98.9 cm³/mol. The first kappa shape index (κ1) is 19.8. The molecule has 1 amide bonds. The highest BCUT2D eigenvalue weighted by Crippen LogP contribution is 2.22. The van der Waals surface area contributed by atoms with Gasteiger partial charge in [-0.3, -0.25) is 4.79 Å². The topological polar surface area (TPSA) is 57.7 Å². The van der Waals surface area contributed by atoms with Crippen LogP contribution in [0.5, 0.6) is 0 Å². The molecule has 0 spiro atoms. The second kappa shape index (κ2) is 8.37. The molecule has 5 nitrogen and oxygen atoms in total. The molecular weight excluding hydrogens is 394 g/mol. The third kappa shape index (κ3) is 4.66. The smallest absolute Gasteiger partial charge is 0.243 e. The van der Waals surface area contributed by atoms with Crippen molar-refractivity contribution in [3.05, 3.63) is 60.2 Å². The zero-order valence-corrected chi connectivity index (χ0v) is 16.0. The Morgan fingerprint density at radius 3 is 2.26 bits per heavy atom. The van der Waals surface area contributed by atoms with Crippen LogP contribution in [-0.2, 0) is 14.8 Å². The Morgan fingerprint density at radius 2 is 1.63 bits per heavy atom. The van der Waals surface area contributed by atoms with E-state index in [2.05, 4.69) is 0 Å². The number of nitrogens with zero attached hydrogens (tertiary/aromatic N) is 2. The van der Waals surface area contributed by atoms with Crippen LogP contribution in [-0.4, -0.2) is 55.5 Å². The SMILES string of the molecule is O=C(CSc1ccc(F)c(F)c1)N1CCN(S(=O)(=O)c2ccccc2)CC1. The van der Waals surface area contributed by atoms with E-state index in [9.17, 15) is 22.0 Å². The van der Waals surface area contributed by atoms with Gasteiger partial charge in [-0.25, -0.2) is 17.2 Å². The Kier molecular flexibility index (Phi) is 6.13. The summed E-state index contributed by atoms with van der Waals surface area (Å²) in [4.78, 5) is 14.6. The maximum atomic E-state index is 13.2. The molecule has 144 valence electrons. The molecule has 1 fully saturated rings. The van der Waals surface area contributed by atoms with Crippen LogP contribution in [0.25, 0.3) is 0 Å². The van der Waals surface area contributed by atoms with Crippen LogP contribution in [0.15, 0.2) is 58.3 Å². The molecule has 0 N–H and O–H groups in total. The van der Waals surface area contributed by atoms with E-state index in [1.165, 1.54) is 10.4 Å². The van der Waals surface area contributed by atoms with Gasteiger partial charge < -0.3 is 4.90 Å². The number of rotatable bonds is 5. The Morgan fingerprint density at radius 1 is 0.963 bits per heavy atom. The second-order valence-electron chi connectivity index (χ2n) is 5.96. The van der Waals surface area contributed by atoms with Crippen molar-refractivity contribution in [2.45, 2.75) is 9.79 Å². The lowest BCUT2D eigenvalue weighted by atomic mass is 10.3. The Balaban J connectivity index is 1.54. The van der Waals surface area contributed by atoms with Crippen molar-refractivity contribution in [2.24, 2.45) is 0 Å². The minimum Gasteiger partial charge on any atom is -0.339 e. The molecule has 0 unspecified atom stereocenters. The van der Waals surface area contributed by atoms with Gasteiger partial charge in [0, 0.05) is 31.1 Å². The van der Waals surface area contributed by atoms with E-state index in [0.717, 1.165) is 23.9 Å². The Hall–Kier alpha value is -1.97. The molecule has 1 aliphatic heterocycles. The average Bonchev–Trinajstić information content (AvgIpc) is 2.69. The van der Waals surface area contributed by atoms with Crippen LogP contribution in [0.3, 0.4) is 0 Å². The molecule has 1 heterocycles. The van der Waals surface area contributed by atoms with Gasteiger partial charge in [0.05, 0.1) is 10.6 Å². The highest BCUT2D eigenvalue weighted by atomic mass is 32.2. The minimum absolute atomic E-state index is 0.0799. The van der Waals surface area contributed by atoms with Crippen molar-refractivity contribution in [2.75, 3.05) is 31.9 Å². The molecule has 0 aliphatic carbocycles. The number of benzene rings is 2. The maximum Gasteiger partial charge on any atom is 0.243 e. The normalized spacial score (nSPS) is 15.7. The largest absolute Gasteiger partial charge is 0.339 e. The van der Waals surface area contributed by atoms with Gasteiger partial charge in [-0.1, -0.05) is 18.2 Å². The van der Waals surface area contributed by atoms with Gasteiger partial charge in [0.2, 0.25) is 15.9 Å². The molecule has 1 aliphatic rings. The fourth-order valence-corrected chi connectivity index (χ4v) is 4.99. The lowest BCUT2D eigenvalue weighted by Crippen LogP contribution is -2.50. The molecule has 2 aromatic rings. The monoisotopic (exact) mass is 412 g/mol. The molecule has 0 radical (unpaired) electrons. The van der Waals surface area contributed by atoms with Crippen LogP contribution in [0, 0.1) is 11.6 Å². The lowest BCUT2D eigenvalue weighted by molar-refractivity contribution is -0.129. The van der Waals surface area contributed by atoms with Gasteiger partial charge >= 0.3 is 0 Å². The number of carbonyl (C=O) groups excluding carboxylic acids is 1. The first-order chi connectivity index (χ1) is 12.9. The van der Waals surface area contributed by atoms with Crippen molar-refractivity contribution in [1.82, 2.24) is 9.21 Å². The summed E-state index contributed by atoms with van der Waals surface area (Å²) in [6.45, 7) is 1.03. The molecule has 0 aromatic heterocycles. The van der Waals surface area contributed by atoms with Crippen LogP contribution in [0.4, 0.5) is 8.78 Å². The molecule has 27 heavy (non-hydrogen) atoms. The first-order valence-corrected chi connectivity index (χ1v) is 10.7. The molecule has 0 saturated carbocycles. The van der Waals surface area contributed by atoms with Crippen LogP contribution >= 0.6 is 11.8 Å². The van der Waals surface area contributed by atoms with Crippen LogP contribution < -0.4 is 0 Å². The number of hydrogen-bond acceptors (Lipinski definition) is 4. The minimum atomic E-state index is -3.56. The Labute approximate surface area is 161 Å². The number of carbonyl (C=O) groups is 1. The summed E-state index contributed by atoms with van der Waals surface area (Å²) in [6, 6.07) is 11.7. The number of thioether (sulfide) groups is 1. The zero-order valence-electron chi connectivity index (χ0n) is 14.3. The molecule has 9 heteroatoms. The average molecular weight is 412 g/mol. The predicted octanol–water partition coefficient (Wildman–Crippen LogP) is 2.59. The fraction of sp³-hybridized carbons (Fsp3) is 0.278. The van der Waals surface area contributed by atoms with Crippen molar-refractivity contribution in [3.8, 4) is 0 Å². The van der Waals surface area contributed by atoms with E-state index >= 15 is 0 Å². The van der Waals surface area contributed by atoms with Crippen molar-refractivity contribution >= 4 is 27.7 Å². The zero-order chi connectivity index (χ0) is 19.4. The fourth-order valence-electron chi connectivity index (χ4n) is 2.72. The highest BCUT2D eigenvalue weighted by Gasteiger charge is 2.29. The van der Waals surface area contributed by atoms with E-state index < -0.39 is 21.7 Å². The molecule has 2 aromatic carbocycles. The standard InChI is InChI=1S/C18H18F2N2O3S2/c19-16-7-6-14(12-17(16)20)26-13-18(23)21-8-10-22(11-9-21)27(24,25)15-4-2-1-3-5-15/h1-7,12H,8-11,13H2. The first-order valence-electron chi connectivity index (χ1n) is 8.29. The highest BCUT2D eigenvalue weighted by molar-refractivity contribution is 8.00. The van der Waals surface area contributed by atoms with Gasteiger partial charge in [-0.2, -0.15) is 4.31 Å². The third-order valence-corrected chi connectivity index (χ3v) is 7.12. The van der Waals surface area contributed by atoms with Gasteiger partial charge in [-0.15, -0.1) is 11.8 Å². The number of sulfonamides is 1.